The zero-order chi connectivity index (χ0) is 17.4. The van der Waals surface area contributed by atoms with Gasteiger partial charge in [-0.05, 0) is 30.3 Å². The summed E-state index contributed by atoms with van der Waals surface area (Å²) in [6.07, 6.45) is 1.40. The molecule has 0 aliphatic carbocycles. The summed E-state index contributed by atoms with van der Waals surface area (Å²) in [5.41, 5.74) is 2.92. The lowest BCUT2D eigenvalue weighted by molar-refractivity contribution is -0.132. The van der Waals surface area contributed by atoms with Crippen molar-refractivity contribution in [1.29, 1.82) is 0 Å². The fourth-order valence-corrected chi connectivity index (χ4v) is 2.12. The topological polar surface area (TPSA) is 77.0 Å². The van der Waals surface area contributed by atoms with Gasteiger partial charge in [-0.15, -0.1) is 0 Å². The predicted molar refractivity (Wildman–Crippen MR) is 93.1 cm³/mol. The van der Waals surface area contributed by atoms with Crippen LogP contribution in [0.5, 0.6) is 11.5 Å². The molecule has 0 aliphatic heterocycles. The fourth-order valence-electron chi connectivity index (χ4n) is 1.75. The van der Waals surface area contributed by atoms with Crippen molar-refractivity contribution in [2.24, 2.45) is 5.10 Å². The Morgan fingerprint density at radius 2 is 2.00 bits per heavy atom. The lowest BCUT2D eigenvalue weighted by Gasteiger charge is -2.06. The molecule has 0 atom stereocenters. The molecular weight excluding hydrogens is 376 g/mol. The number of ether oxygens (including phenoxy) is 2. The van der Waals surface area contributed by atoms with Crippen molar-refractivity contribution in [3.63, 3.8) is 0 Å². The van der Waals surface area contributed by atoms with Gasteiger partial charge in [0.1, 0.15) is 11.5 Å². The van der Waals surface area contributed by atoms with Gasteiger partial charge >= 0.3 is 5.97 Å². The number of amides is 1. The Hall–Kier alpha value is -2.67. The Kier molecular flexibility index (Phi) is 6.51. The van der Waals surface area contributed by atoms with Crippen LogP contribution >= 0.6 is 15.9 Å². The molecule has 0 saturated carbocycles. The molecule has 0 unspecified atom stereocenters. The number of para-hydroxylation sites is 1. The van der Waals surface area contributed by atoms with Gasteiger partial charge in [0, 0.05) is 17.0 Å². The Labute approximate surface area is 147 Å². The van der Waals surface area contributed by atoms with Crippen LogP contribution in [0.4, 0.5) is 0 Å². The molecule has 1 N–H and O–H groups in total. The number of hydrogen-bond acceptors (Lipinski definition) is 5. The second-order valence-electron chi connectivity index (χ2n) is 4.67. The molecule has 124 valence electrons. The average Bonchev–Trinajstić information content (AvgIpc) is 2.54. The van der Waals surface area contributed by atoms with Crippen LogP contribution in [-0.4, -0.2) is 24.7 Å². The first-order chi connectivity index (χ1) is 11.5. The number of esters is 1. The fraction of sp³-hybridized carbons (Fsp3) is 0.118. The quantitative estimate of drug-likeness (QED) is 0.356. The lowest BCUT2D eigenvalue weighted by atomic mass is 10.2. The Morgan fingerprint density at radius 1 is 1.21 bits per heavy atom. The highest BCUT2D eigenvalue weighted by Crippen LogP contribution is 2.17. The van der Waals surface area contributed by atoms with E-state index >= 15 is 0 Å². The van der Waals surface area contributed by atoms with E-state index in [0.717, 1.165) is 4.47 Å². The van der Waals surface area contributed by atoms with E-state index in [1.165, 1.54) is 13.1 Å². The van der Waals surface area contributed by atoms with Crippen molar-refractivity contribution in [3.8, 4) is 11.5 Å². The molecule has 0 heterocycles. The average molecular weight is 391 g/mol. The number of benzene rings is 2. The van der Waals surface area contributed by atoms with Gasteiger partial charge in [-0.2, -0.15) is 5.10 Å². The number of rotatable bonds is 6. The zero-order valence-corrected chi connectivity index (χ0v) is 14.4. The molecule has 2 aromatic rings. The van der Waals surface area contributed by atoms with Crippen LogP contribution in [0.25, 0.3) is 0 Å². The van der Waals surface area contributed by atoms with Gasteiger partial charge < -0.3 is 9.47 Å². The molecule has 1 amide bonds. The lowest BCUT2D eigenvalue weighted by Crippen LogP contribution is -2.24. The Balaban J connectivity index is 1.87. The number of carbonyl (C=O) groups excluding carboxylic acids is 2. The van der Waals surface area contributed by atoms with Crippen LogP contribution in [0, 0.1) is 0 Å². The summed E-state index contributed by atoms with van der Waals surface area (Å²) in [6.45, 7) is 1.15. The van der Waals surface area contributed by atoms with E-state index in [9.17, 15) is 9.59 Å². The van der Waals surface area contributed by atoms with Crippen molar-refractivity contribution in [2.75, 3.05) is 6.61 Å². The maximum Gasteiger partial charge on any atom is 0.308 e. The van der Waals surface area contributed by atoms with Gasteiger partial charge in [0.15, 0.2) is 6.61 Å². The summed E-state index contributed by atoms with van der Waals surface area (Å²) in [4.78, 5) is 22.7. The third-order valence-electron chi connectivity index (χ3n) is 2.73. The van der Waals surface area contributed by atoms with Crippen LogP contribution in [0.1, 0.15) is 12.5 Å². The van der Waals surface area contributed by atoms with Gasteiger partial charge in [-0.3, -0.25) is 9.59 Å². The third kappa shape index (κ3) is 5.85. The summed E-state index contributed by atoms with van der Waals surface area (Å²) in [6, 6.07) is 14.0. The molecule has 0 saturated heterocycles. The number of nitrogens with zero attached hydrogens (tertiary/aromatic N) is 1. The molecule has 0 bridgehead atoms. The highest BCUT2D eigenvalue weighted by Gasteiger charge is 2.04. The summed E-state index contributed by atoms with van der Waals surface area (Å²) < 4.78 is 11.3. The number of nitrogens with one attached hydrogen (secondary N) is 1. The van der Waals surface area contributed by atoms with Gasteiger partial charge in [-0.1, -0.05) is 34.1 Å². The normalized spacial score (nSPS) is 10.4. The van der Waals surface area contributed by atoms with Crippen LogP contribution in [0.2, 0.25) is 0 Å². The van der Waals surface area contributed by atoms with Crippen molar-refractivity contribution in [2.45, 2.75) is 6.92 Å². The first-order valence-electron chi connectivity index (χ1n) is 7.02. The minimum absolute atomic E-state index is 0.167. The monoisotopic (exact) mass is 390 g/mol. The molecule has 24 heavy (non-hydrogen) atoms. The van der Waals surface area contributed by atoms with E-state index in [-0.39, 0.29) is 6.61 Å². The number of halogens is 1. The highest BCUT2D eigenvalue weighted by molar-refractivity contribution is 9.10. The minimum atomic E-state index is -0.428. The van der Waals surface area contributed by atoms with Crippen molar-refractivity contribution < 1.29 is 19.1 Å². The van der Waals surface area contributed by atoms with E-state index in [4.69, 9.17) is 9.47 Å². The van der Waals surface area contributed by atoms with Crippen LogP contribution in [0.3, 0.4) is 0 Å². The molecule has 0 spiro atoms. The molecule has 7 heteroatoms. The Bertz CT molecular complexity index is 762. The van der Waals surface area contributed by atoms with E-state index in [0.29, 0.717) is 17.1 Å². The highest BCUT2D eigenvalue weighted by atomic mass is 79.9. The van der Waals surface area contributed by atoms with E-state index < -0.39 is 11.9 Å². The zero-order valence-electron chi connectivity index (χ0n) is 12.9. The van der Waals surface area contributed by atoms with Crippen LogP contribution in [-0.2, 0) is 9.59 Å². The van der Waals surface area contributed by atoms with Gasteiger partial charge in [-0.25, -0.2) is 5.43 Å². The van der Waals surface area contributed by atoms with Gasteiger partial charge in [0.25, 0.3) is 5.91 Å². The van der Waals surface area contributed by atoms with Crippen LogP contribution < -0.4 is 14.9 Å². The van der Waals surface area contributed by atoms with Crippen molar-refractivity contribution in [1.82, 2.24) is 5.43 Å². The largest absolute Gasteiger partial charge is 0.484 e. The maximum atomic E-state index is 11.7. The molecular formula is C17H15BrN2O4. The van der Waals surface area contributed by atoms with E-state index in [2.05, 4.69) is 26.5 Å². The second-order valence-corrected chi connectivity index (χ2v) is 5.59. The molecule has 0 aliphatic rings. The standard InChI is InChI=1S/C17H15BrN2O4/c1-12(21)24-16-8-3-2-5-13(16)10-19-20-17(22)11-23-15-7-4-6-14(18)9-15/h2-10H,11H2,1H3,(H,20,22)/b19-10+. The molecule has 6 nitrogen and oxygen atoms in total. The smallest absolute Gasteiger partial charge is 0.308 e. The van der Waals surface area contributed by atoms with Crippen molar-refractivity contribution in [3.05, 3.63) is 58.6 Å². The van der Waals surface area contributed by atoms with E-state index in [1.807, 2.05) is 6.07 Å². The van der Waals surface area contributed by atoms with E-state index in [1.54, 1.807) is 42.5 Å². The minimum Gasteiger partial charge on any atom is -0.484 e. The predicted octanol–water partition coefficient (Wildman–Crippen LogP) is 2.90. The first-order valence-corrected chi connectivity index (χ1v) is 7.81. The second kappa shape index (κ2) is 8.83. The summed E-state index contributed by atoms with van der Waals surface area (Å²) in [5, 5.41) is 3.83. The first kappa shape index (κ1) is 17.7. The maximum absolute atomic E-state index is 11.7. The number of hydrogen-bond donors (Lipinski definition) is 1. The molecule has 0 fully saturated rings. The number of hydrazone groups is 1. The van der Waals surface area contributed by atoms with Gasteiger partial charge in [0.2, 0.25) is 0 Å². The van der Waals surface area contributed by atoms with Gasteiger partial charge in [0.05, 0.1) is 6.21 Å². The third-order valence-corrected chi connectivity index (χ3v) is 3.22. The molecule has 0 aromatic heterocycles. The molecule has 2 aromatic carbocycles. The molecule has 2 rings (SSSR count). The number of carbonyl (C=O) groups is 2. The Morgan fingerprint density at radius 3 is 2.75 bits per heavy atom. The van der Waals surface area contributed by atoms with Crippen molar-refractivity contribution >= 4 is 34.0 Å². The summed E-state index contributed by atoms with van der Waals surface area (Å²) >= 11 is 3.32. The van der Waals surface area contributed by atoms with Crippen LogP contribution in [0.15, 0.2) is 58.1 Å². The summed E-state index contributed by atoms with van der Waals surface area (Å²) in [5.74, 6) is 0.107. The SMILES string of the molecule is CC(=O)Oc1ccccc1/C=N/NC(=O)COc1cccc(Br)c1. The summed E-state index contributed by atoms with van der Waals surface area (Å²) in [7, 11) is 0. The molecule has 0 radical (unpaired) electrons.